The van der Waals surface area contributed by atoms with Gasteiger partial charge in [0.25, 0.3) is 0 Å². The Kier molecular flexibility index (Phi) is 4.46. The molecular weight excluding hydrogens is 319 g/mol. The Bertz CT molecular complexity index is 704. The van der Waals surface area contributed by atoms with Crippen molar-refractivity contribution in [1.82, 2.24) is 0 Å². The van der Waals surface area contributed by atoms with E-state index in [1.54, 1.807) is 0 Å². The number of halogens is 4. The Balaban J connectivity index is 2.07. The lowest BCUT2D eigenvalue weighted by Gasteiger charge is -2.11. The van der Waals surface area contributed by atoms with Crippen LogP contribution in [0.3, 0.4) is 0 Å². The van der Waals surface area contributed by atoms with E-state index in [2.05, 4.69) is 10.6 Å². The second-order valence-corrected chi connectivity index (χ2v) is 4.80. The number of carbonyl (C=O) groups is 1. The minimum Gasteiger partial charge on any atom is -0.397 e. The highest BCUT2D eigenvalue weighted by Crippen LogP contribution is 2.30. The van der Waals surface area contributed by atoms with E-state index in [4.69, 9.17) is 17.3 Å². The Labute approximate surface area is 129 Å². The van der Waals surface area contributed by atoms with Gasteiger partial charge in [-0.1, -0.05) is 17.7 Å². The normalized spacial score (nSPS) is 11.1. The number of hydrogen-bond acceptors (Lipinski definition) is 2. The molecule has 0 heterocycles. The number of carbonyl (C=O) groups excluding carboxylic acids is 1. The zero-order chi connectivity index (χ0) is 16.3. The molecule has 22 heavy (non-hydrogen) atoms. The SMILES string of the molecule is Nc1cc(NC(=O)Nc2cccc(C(F)(F)F)c2)ccc1Cl. The van der Waals surface area contributed by atoms with Crippen LogP contribution in [0.5, 0.6) is 0 Å². The van der Waals surface area contributed by atoms with E-state index in [9.17, 15) is 18.0 Å². The van der Waals surface area contributed by atoms with Crippen LogP contribution in [-0.4, -0.2) is 6.03 Å². The molecule has 0 unspecified atom stereocenters. The van der Waals surface area contributed by atoms with Gasteiger partial charge < -0.3 is 16.4 Å². The van der Waals surface area contributed by atoms with E-state index in [-0.39, 0.29) is 11.4 Å². The summed E-state index contributed by atoms with van der Waals surface area (Å²) >= 11 is 5.75. The molecule has 2 aromatic rings. The van der Waals surface area contributed by atoms with Gasteiger partial charge in [0, 0.05) is 11.4 Å². The Hall–Kier alpha value is -2.41. The van der Waals surface area contributed by atoms with Crippen molar-refractivity contribution in [1.29, 1.82) is 0 Å². The highest BCUT2D eigenvalue weighted by Gasteiger charge is 2.30. The smallest absolute Gasteiger partial charge is 0.397 e. The average Bonchev–Trinajstić information content (AvgIpc) is 2.42. The largest absolute Gasteiger partial charge is 0.416 e. The van der Waals surface area contributed by atoms with Crippen molar-refractivity contribution in [3.05, 3.63) is 53.1 Å². The number of alkyl halides is 3. The van der Waals surface area contributed by atoms with Gasteiger partial charge in [-0.2, -0.15) is 13.2 Å². The molecule has 0 atom stereocenters. The molecule has 2 amide bonds. The molecule has 0 aromatic heterocycles. The fourth-order valence-electron chi connectivity index (χ4n) is 1.69. The lowest BCUT2D eigenvalue weighted by Crippen LogP contribution is -2.19. The van der Waals surface area contributed by atoms with Crippen molar-refractivity contribution >= 4 is 34.7 Å². The van der Waals surface area contributed by atoms with Crippen molar-refractivity contribution in [3.63, 3.8) is 0 Å². The third-order valence-electron chi connectivity index (χ3n) is 2.70. The summed E-state index contributed by atoms with van der Waals surface area (Å²) in [6.45, 7) is 0. The quantitative estimate of drug-likeness (QED) is 0.706. The van der Waals surface area contributed by atoms with E-state index in [1.807, 2.05) is 0 Å². The number of benzene rings is 2. The van der Waals surface area contributed by atoms with Crippen molar-refractivity contribution in [3.8, 4) is 0 Å². The van der Waals surface area contributed by atoms with Gasteiger partial charge in [-0.15, -0.1) is 0 Å². The zero-order valence-electron chi connectivity index (χ0n) is 11.0. The molecule has 4 nitrogen and oxygen atoms in total. The lowest BCUT2D eigenvalue weighted by atomic mass is 10.2. The van der Waals surface area contributed by atoms with Gasteiger partial charge in [-0.3, -0.25) is 0 Å². The standard InChI is InChI=1S/C14H11ClF3N3O/c15-11-5-4-10(7-12(11)19)21-13(22)20-9-3-1-2-8(6-9)14(16,17)18/h1-7H,19H2,(H2,20,21,22). The van der Waals surface area contributed by atoms with Gasteiger partial charge in [-0.25, -0.2) is 4.79 Å². The fraction of sp³-hybridized carbons (Fsp3) is 0.0714. The molecule has 0 aliphatic carbocycles. The third-order valence-corrected chi connectivity index (χ3v) is 3.05. The lowest BCUT2D eigenvalue weighted by molar-refractivity contribution is -0.137. The topological polar surface area (TPSA) is 67.1 Å². The zero-order valence-corrected chi connectivity index (χ0v) is 11.8. The van der Waals surface area contributed by atoms with Crippen molar-refractivity contribution in [2.75, 3.05) is 16.4 Å². The van der Waals surface area contributed by atoms with Gasteiger partial charge in [0.05, 0.1) is 16.3 Å². The van der Waals surface area contributed by atoms with Crippen molar-refractivity contribution < 1.29 is 18.0 Å². The summed E-state index contributed by atoms with van der Waals surface area (Å²) in [7, 11) is 0. The number of rotatable bonds is 2. The van der Waals surface area contributed by atoms with Gasteiger partial charge in [0.1, 0.15) is 0 Å². The first-order valence-electron chi connectivity index (χ1n) is 6.06. The monoisotopic (exact) mass is 329 g/mol. The van der Waals surface area contributed by atoms with E-state index in [0.717, 1.165) is 12.1 Å². The third kappa shape index (κ3) is 4.05. The second-order valence-electron chi connectivity index (χ2n) is 4.39. The highest BCUT2D eigenvalue weighted by molar-refractivity contribution is 6.33. The minimum atomic E-state index is -4.47. The number of urea groups is 1. The molecule has 2 aromatic carbocycles. The second kappa shape index (κ2) is 6.15. The molecule has 0 aliphatic rings. The van der Waals surface area contributed by atoms with E-state index in [1.165, 1.54) is 30.3 Å². The number of amides is 2. The van der Waals surface area contributed by atoms with Crippen molar-refractivity contribution in [2.24, 2.45) is 0 Å². The Morgan fingerprint density at radius 1 is 1.05 bits per heavy atom. The molecule has 0 radical (unpaired) electrons. The number of hydrogen-bond donors (Lipinski definition) is 3. The van der Waals surface area contributed by atoms with E-state index < -0.39 is 17.8 Å². The first kappa shape index (κ1) is 16.0. The summed E-state index contributed by atoms with van der Waals surface area (Å²) in [5.74, 6) is 0. The maximum Gasteiger partial charge on any atom is 0.416 e. The van der Waals surface area contributed by atoms with Crippen molar-refractivity contribution in [2.45, 2.75) is 6.18 Å². The summed E-state index contributed by atoms with van der Waals surface area (Å²) in [6.07, 6.45) is -4.47. The molecule has 4 N–H and O–H groups in total. The van der Waals surface area contributed by atoms with Gasteiger partial charge in [0.2, 0.25) is 0 Å². The molecule has 0 bridgehead atoms. The molecule has 0 fully saturated rings. The molecule has 116 valence electrons. The summed E-state index contributed by atoms with van der Waals surface area (Å²) < 4.78 is 37.7. The van der Waals surface area contributed by atoms with Crippen LogP contribution in [0.4, 0.5) is 35.0 Å². The molecular formula is C14H11ClF3N3O. The van der Waals surface area contributed by atoms with Crippen LogP contribution in [-0.2, 0) is 6.18 Å². The average molecular weight is 330 g/mol. The molecule has 0 spiro atoms. The predicted octanol–water partition coefficient (Wildman–Crippen LogP) is 4.59. The van der Waals surface area contributed by atoms with Crippen LogP contribution < -0.4 is 16.4 Å². The minimum absolute atomic E-state index is 0.0225. The maximum absolute atomic E-state index is 12.6. The fourth-order valence-corrected chi connectivity index (χ4v) is 1.81. The van der Waals surface area contributed by atoms with Gasteiger partial charge in [0.15, 0.2) is 0 Å². The molecule has 8 heteroatoms. The molecule has 0 saturated carbocycles. The number of nitrogen functional groups attached to an aromatic ring is 1. The van der Waals surface area contributed by atoms with Gasteiger partial charge in [-0.05, 0) is 36.4 Å². The van der Waals surface area contributed by atoms with E-state index >= 15 is 0 Å². The van der Waals surface area contributed by atoms with Crippen LogP contribution >= 0.6 is 11.6 Å². The summed E-state index contributed by atoms with van der Waals surface area (Å²) in [6, 6.07) is 8.08. The highest BCUT2D eigenvalue weighted by atomic mass is 35.5. The molecule has 2 rings (SSSR count). The van der Waals surface area contributed by atoms with Gasteiger partial charge >= 0.3 is 12.2 Å². The van der Waals surface area contributed by atoms with Crippen LogP contribution in [0, 0.1) is 0 Å². The number of nitrogens with two attached hydrogens (primary N) is 1. The summed E-state index contributed by atoms with van der Waals surface area (Å²) in [5.41, 5.74) is 5.41. The predicted molar refractivity (Wildman–Crippen MR) is 79.9 cm³/mol. The van der Waals surface area contributed by atoms with E-state index in [0.29, 0.717) is 10.7 Å². The first-order valence-corrected chi connectivity index (χ1v) is 6.44. The van der Waals surface area contributed by atoms with Crippen LogP contribution in [0.25, 0.3) is 0 Å². The summed E-state index contributed by atoms with van der Waals surface area (Å²) in [4.78, 5) is 11.8. The van der Waals surface area contributed by atoms with Crippen LogP contribution in [0.2, 0.25) is 5.02 Å². The summed E-state index contributed by atoms with van der Waals surface area (Å²) in [5, 5.41) is 5.10. The molecule has 0 aliphatic heterocycles. The Morgan fingerprint density at radius 3 is 2.27 bits per heavy atom. The number of anilines is 3. The molecule has 0 saturated heterocycles. The Morgan fingerprint density at radius 2 is 1.68 bits per heavy atom. The maximum atomic E-state index is 12.6. The van der Waals surface area contributed by atoms with Crippen LogP contribution in [0.15, 0.2) is 42.5 Å². The van der Waals surface area contributed by atoms with Crippen LogP contribution in [0.1, 0.15) is 5.56 Å². The first-order chi connectivity index (χ1) is 10.3. The number of nitrogens with one attached hydrogen (secondary N) is 2.